The van der Waals surface area contributed by atoms with E-state index in [1.807, 2.05) is 6.07 Å². The van der Waals surface area contributed by atoms with E-state index in [1.54, 1.807) is 6.07 Å². The van der Waals surface area contributed by atoms with Gasteiger partial charge in [0, 0.05) is 6.54 Å². The molecule has 19 heavy (non-hydrogen) atoms. The summed E-state index contributed by atoms with van der Waals surface area (Å²) in [4.78, 5) is 4.04. The van der Waals surface area contributed by atoms with E-state index in [2.05, 4.69) is 10.3 Å². The van der Waals surface area contributed by atoms with Crippen molar-refractivity contribution in [3.63, 3.8) is 0 Å². The molecule has 1 heterocycles. The van der Waals surface area contributed by atoms with E-state index in [0.717, 1.165) is 5.56 Å². The highest BCUT2D eigenvalue weighted by atomic mass is 35.5. The van der Waals surface area contributed by atoms with Crippen LogP contribution in [0.15, 0.2) is 30.5 Å². The van der Waals surface area contributed by atoms with Crippen LogP contribution in [0, 0.1) is 17.1 Å². The molecule has 6 heteroatoms. The Hall–Kier alpha value is -2.32. The quantitative estimate of drug-likeness (QED) is 0.904. The van der Waals surface area contributed by atoms with Crippen LogP contribution in [0.4, 0.5) is 15.9 Å². The van der Waals surface area contributed by atoms with E-state index in [1.165, 1.54) is 24.4 Å². The van der Waals surface area contributed by atoms with Gasteiger partial charge in [0.25, 0.3) is 0 Å². The van der Waals surface area contributed by atoms with Gasteiger partial charge in [-0.05, 0) is 23.8 Å². The molecule has 0 aliphatic heterocycles. The van der Waals surface area contributed by atoms with Crippen molar-refractivity contribution in [1.29, 1.82) is 5.26 Å². The Balaban J connectivity index is 2.14. The number of nitrogens with one attached hydrogen (secondary N) is 1. The molecule has 0 aliphatic carbocycles. The minimum Gasteiger partial charge on any atom is -0.397 e. The number of aromatic nitrogens is 1. The molecule has 0 saturated heterocycles. The van der Waals surface area contributed by atoms with E-state index in [4.69, 9.17) is 22.6 Å². The fourth-order valence-electron chi connectivity index (χ4n) is 1.54. The average Bonchev–Trinajstić information content (AvgIpc) is 2.41. The molecule has 96 valence electrons. The number of pyridine rings is 1. The Morgan fingerprint density at radius 3 is 2.89 bits per heavy atom. The zero-order valence-electron chi connectivity index (χ0n) is 9.82. The van der Waals surface area contributed by atoms with Gasteiger partial charge in [0.05, 0.1) is 22.5 Å². The third kappa shape index (κ3) is 3.12. The number of halogens is 2. The van der Waals surface area contributed by atoms with Gasteiger partial charge in [0.15, 0.2) is 0 Å². The zero-order chi connectivity index (χ0) is 13.8. The number of benzene rings is 1. The SMILES string of the molecule is N#Cc1cc(N)cnc1NCc1ccc(F)c(Cl)c1. The van der Waals surface area contributed by atoms with Gasteiger partial charge in [0.2, 0.25) is 0 Å². The van der Waals surface area contributed by atoms with Gasteiger partial charge < -0.3 is 11.1 Å². The molecular weight excluding hydrogens is 267 g/mol. The van der Waals surface area contributed by atoms with Crippen LogP contribution in [0.5, 0.6) is 0 Å². The third-order valence-corrected chi connectivity index (χ3v) is 2.76. The monoisotopic (exact) mass is 276 g/mol. The molecule has 0 fully saturated rings. The van der Waals surface area contributed by atoms with Crippen LogP contribution < -0.4 is 11.1 Å². The van der Waals surface area contributed by atoms with Crippen molar-refractivity contribution >= 4 is 23.1 Å². The van der Waals surface area contributed by atoms with Crippen molar-refractivity contribution < 1.29 is 4.39 Å². The van der Waals surface area contributed by atoms with Crippen LogP contribution in [-0.2, 0) is 6.54 Å². The third-order valence-electron chi connectivity index (χ3n) is 2.47. The number of nitrogens with zero attached hydrogens (tertiary/aromatic N) is 2. The minimum atomic E-state index is -0.464. The van der Waals surface area contributed by atoms with Crippen molar-refractivity contribution in [3.05, 3.63) is 52.4 Å². The van der Waals surface area contributed by atoms with Crippen molar-refractivity contribution in [1.82, 2.24) is 4.98 Å². The average molecular weight is 277 g/mol. The highest BCUT2D eigenvalue weighted by Gasteiger charge is 2.05. The Morgan fingerprint density at radius 1 is 1.42 bits per heavy atom. The first-order valence-corrected chi connectivity index (χ1v) is 5.81. The van der Waals surface area contributed by atoms with Gasteiger partial charge in [-0.25, -0.2) is 9.37 Å². The highest BCUT2D eigenvalue weighted by Crippen LogP contribution is 2.18. The molecular formula is C13H10ClFN4. The van der Waals surface area contributed by atoms with Crippen LogP contribution in [0.3, 0.4) is 0 Å². The Labute approximate surface area is 114 Å². The summed E-state index contributed by atoms with van der Waals surface area (Å²) in [7, 11) is 0. The van der Waals surface area contributed by atoms with Gasteiger partial charge in [-0.3, -0.25) is 0 Å². The molecule has 0 bridgehead atoms. The smallest absolute Gasteiger partial charge is 0.144 e. The number of hydrogen-bond donors (Lipinski definition) is 2. The molecule has 0 radical (unpaired) electrons. The Bertz CT molecular complexity index is 652. The van der Waals surface area contributed by atoms with E-state index < -0.39 is 5.82 Å². The molecule has 2 rings (SSSR count). The topological polar surface area (TPSA) is 74.7 Å². The Kier molecular flexibility index (Phi) is 3.83. The van der Waals surface area contributed by atoms with E-state index >= 15 is 0 Å². The fraction of sp³-hybridized carbons (Fsp3) is 0.0769. The van der Waals surface area contributed by atoms with Crippen molar-refractivity contribution in [2.45, 2.75) is 6.54 Å². The summed E-state index contributed by atoms with van der Waals surface area (Å²) in [5.41, 5.74) is 7.11. The van der Waals surface area contributed by atoms with Crippen molar-refractivity contribution in [2.75, 3.05) is 11.1 Å². The molecule has 1 aromatic carbocycles. The number of hydrogen-bond acceptors (Lipinski definition) is 4. The molecule has 0 atom stereocenters. The molecule has 3 N–H and O–H groups in total. The maximum atomic E-state index is 13.0. The maximum absolute atomic E-state index is 13.0. The number of anilines is 2. The summed E-state index contributed by atoms with van der Waals surface area (Å²) in [6.45, 7) is 0.381. The maximum Gasteiger partial charge on any atom is 0.144 e. The van der Waals surface area contributed by atoms with Gasteiger partial charge in [-0.15, -0.1) is 0 Å². The van der Waals surface area contributed by atoms with E-state index in [9.17, 15) is 4.39 Å². The van der Waals surface area contributed by atoms with Gasteiger partial charge in [-0.2, -0.15) is 5.26 Å². The standard InChI is InChI=1S/C13H10ClFN4/c14-11-3-8(1-2-12(11)15)6-18-13-9(5-16)4-10(17)7-19-13/h1-4,7H,6,17H2,(H,18,19). The lowest BCUT2D eigenvalue weighted by molar-refractivity contribution is 0.627. The second kappa shape index (κ2) is 5.55. The molecule has 0 aliphatic rings. The van der Waals surface area contributed by atoms with Gasteiger partial charge in [0.1, 0.15) is 17.7 Å². The number of nitrogen functional groups attached to an aromatic ring is 1. The first kappa shape index (κ1) is 13.1. The lowest BCUT2D eigenvalue weighted by Crippen LogP contribution is -2.04. The predicted octanol–water partition coefficient (Wildman–Crippen LogP) is 2.94. The summed E-state index contributed by atoms with van der Waals surface area (Å²) in [5, 5.41) is 12.0. The number of nitrogens with two attached hydrogens (primary N) is 1. The lowest BCUT2D eigenvalue weighted by Gasteiger charge is -2.08. The number of rotatable bonds is 3. The first-order chi connectivity index (χ1) is 9.10. The molecule has 1 aromatic heterocycles. The molecule has 0 amide bonds. The largest absolute Gasteiger partial charge is 0.397 e. The molecule has 4 nitrogen and oxygen atoms in total. The molecule has 0 saturated carbocycles. The molecule has 2 aromatic rings. The summed E-state index contributed by atoms with van der Waals surface area (Å²) in [6.07, 6.45) is 1.46. The first-order valence-electron chi connectivity index (χ1n) is 5.43. The van der Waals surface area contributed by atoms with E-state index in [0.29, 0.717) is 23.6 Å². The van der Waals surface area contributed by atoms with Crippen LogP contribution in [0.2, 0.25) is 5.02 Å². The molecule has 0 unspecified atom stereocenters. The summed E-state index contributed by atoms with van der Waals surface area (Å²) in [6, 6.07) is 7.96. The highest BCUT2D eigenvalue weighted by molar-refractivity contribution is 6.30. The summed E-state index contributed by atoms with van der Waals surface area (Å²) < 4.78 is 13.0. The van der Waals surface area contributed by atoms with Gasteiger partial charge in [-0.1, -0.05) is 17.7 Å². The van der Waals surface area contributed by atoms with Crippen molar-refractivity contribution in [3.8, 4) is 6.07 Å². The zero-order valence-corrected chi connectivity index (χ0v) is 10.6. The second-order valence-corrected chi connectivity index (χ2v) is 4.29. The van der Waals surface area contributed by atoms with Crippen LogP contribution >= 0.6 is 11.6 Å². The number of nitriles is 1. The van der Waals surface area contributed by atoms with Crippen LogP contribution in [0.25, 0.3) is 0 Å². The van der Waals surface area contributed by atoms with Crippen molar-refractivity contribution in [2.24, 2.45) is 0 Å². The molecule has 0 spiro atoms. The van der Waals surface area contributed by atoms with Crippen LogP contribution in [0.1, 0.15) is 11.1 Å². The Morgan fingerprint density at radius 2 is 2.21 bits per heavy atom. The van der Waals surface area contributed by atoms with Crippen LogP contribution in [-0.4, -0.2) is 4.98 Å². The predicted molar refractivity (Wildman–Crippen MR) is 72.1 cm³/mol. The lowest BCUT2D eigenvalue weighted by atomic mass is 10.2. The van der Waals surface area contributed by atoms with E-state index in [-0.39, 0.29) is 5.02 Å². The fourth-order valence-corrected chi connectivity index (χ4v) is 1.75. The minimum absolute atomic E-state index is 0.0603. The normalized spacial score (nSPS) is 9.95. The summed E-state index contributed by atoms with van der Waals surface area (Å²) in [5.74, 6) is -0.0362. The van der Waals surface area contributed by atoms with Gasteiger partial charge >= 0.3 is 0 Å². The summed E-state index contributed by atoms with van der Waals surface area (Å²) >= 11 is 5.69. The second-order valence-electron chi connectivity index (χ2n) is 3.88.